The fourth-order valence-electron chi connectivity index (χ4n) is 3.13. The van der Waals surface area contributed by atoms with E-state index in [2.05, 4.69) is 30.9 Å². The lowest BCUT2D eigenvalue weighted by atomic mass is 10.1. The highest BCUT2D eigenvalue weighted by molar-refractivity contribution is 5.39. The second kappa shape index (κ2) is 7.68. The molecule has 1 aliphatic carbocycles. The SMILES string of the molecule is CC(C)CCN(CCc1ccc(N)cc1)C1CCCC1. The number of anilines is 1. The third-order valence-corrected chi connectivity index (χ3v) is 4.50. The third-order valence-electron chi connectivity index (χ3n) is 4.50. The van der Waals surface area contributed by atoms with Crippen LogP contribution in [0.1, 0.15) is 51.5 Å². The van der Waals surface area contributed by atoms with Gasteiger partial charge in [-0.15, -0.1) is 0 Å². The topological polar surface area (TPSA) is 29.3 Å². The summed E-state index contributed by atoms with van der Waals surface area (Å²) >= 11 is 0. The fourth-order valence-corrected chi connectivity index (χ4v) is 3.13. The lowest BCUT2D eigenvalue weighted by Crippen LogP contribution is -2.36. The molecule has 1 aliphatic rings. The van der Waals surface area contributed by atoms with Gasteiger partial charge < -0.3 is 10.6 Å². The predicted octanol–water partition coefficient (Wildman–Crippen LogP) is 4.10. The minimum atomic E-state index is 0.801. The fraction of sp³-hybridized carbons (Fsp3) is 0.667. The first-order valence-corrected chi connectivity index (χ1v) is 8.23. The molecule has 2 nitrogen and oxygen atoms in total. The maximum absolute atomic E-state index is 5.75. The van der Waals surface area contributed by atoms with Gasteiger partial charge in [0.05, 0.1) is 0 Å². The van der Waals surface area contributed by atoms with E-state index in [0.29, 0.717) is 0 Å². The van der Waals surface area contributed by atoms with E-state index in [1.165, 1.54) is 50.8 Å². The number of hydrogen-bond donors (Lipinski definition) is 1. The van der Waals surface area contributed by atoms with Crippen molar-refractivity contribution in [2.75, 3.05) is 18.8 Å². The molecule has 0 atom stereocenters. The standard InChI is InChI=1S/C18H30N2/c1-15(2)11-13-20(18-5-3-4-6-18)14-12-16-7-9-17(19)10-8-16/h7-10,15,18H,3-6,11-14,19H2,1-2H3. The summed E-state index contributed by atoms with van der Waals surface area (Å²) in [6.07, 6.45) is 8.11. The molecule has 1 fully saturated rings. The first kappa shape index (κ1) is 15.4. The maximum Gasteiger partial charge on any atom is 0.0314 e. The number of nitrogen functional groups attached to an aromatic ring is 1. The molecule has 0 amide bonds. The molecule has 0 heterocycles. The van der Waals surface area contributed by atoms with Crippen molar-refractivity contribution in [2.24, 2.45) is 5.92 Å². The van der Waals surface area contributed by atoms with Crippen molar-refractivity contribution in [1.29, 1.82) is 0 Å². The Bertz CT molecular complexity index is 377. The van der Waals surface area contributed by atoms with Gasteiger partial charge in [-0.2, -0.15) is 0 Å². The Balaban J connectivity index is 1.87. The van der Waals surface area contributed by atoms with Gasteiger partial charge in [-0.1, -0.05) is 38.8 Å². The quantitative estimate of drug-likeness (QED) is 0.758. The summed E-state index contributed by atoms with van der Waals surface area (Å²) < 4.78 is 0. The summed E-state index contributed by atoms with van der Waals surface area (Å²) in [6, 6.07) is 9.21. The number of nitrogens with zero attached hydrogens (tertiary/aromatic N) is 1. The van der Waals surface area contributed by atoms with Crippen LogP contribution in [0.2, 0.25) is 0 Å². The van der Waals surface area contributed by atoms with Crippen LogP contribution in [0.3, 0.4) is 0 Å². The van der Waals surface area contributed by atoms with E-state index in [-0.39, 0.29) is 0 Å². The summed E-state index contributed by atoms with van der Waals surface area (Å²) in [7, 11) is 0. The average molecular weight is 274 g/mol. The van der Waals surface area contributed by atoms with Gasteiger partial charge in [-0.3, -0.25) is 0 Å². The van der Waals surface area contributed by atoms with Crippen LogP contribution in [0.25, 0.3) is 0 Å². The molecule has 2 heteroatoms. The Labute approximate surface area is 124 Å². The van der Waals surface area contributed by atoms with Crippen molar-refractivity contribution in [3.05, 3.63) is 29.8 Å². The average Bonchev–Trinajstić information content (AvgIpc) is 2.94. The van der Waals surface area contributed by atoms with Crippen molar-refractivity contribution < 1.29 is 0 Å². The zero-order chi connectivity index (χ0) is 14.4. The number of hydrogen-bond acceptors (Lipinski definition) is 2. The summed E-state index contributed by atoms with van der Waals surface area (Å²) in [4.78, 5) is 2.74. The first-order valence-electron chi connectivity index (χ1n) is 8.23. The van der Waals surface area contributed by atoms with E-state index in [0.717, 1.165) is 24.1 Å². The van der Waals surface area contributed by atoms with Gasteiger partial charge in [-0.25, -0.2) is 0 Å². The van der Waals surface area contributed by atoms with Crippen LogP contribution < -0.4 is 5.73 Å². The first-order chi connectivity index (χ1) is 9.65. The van der Waals surface area contributed by atoms with E-state index >= 15 is 0 Å². The molecule has 0 bridgehead atoms. The van der Waals surface area contributed by atoms with Crippen LogP contribution in [0.4, 0.5) is 5.69 Å². The van der Waals surface area contributed by atoms with Gasteiger partial charge in [0, 0.05) is 18.3 Å². The highest BCUT2D eigenvalue weighted by atomic mass is 15.2. The van der Waals surface area contributed by atoms with E-state index in [1.807, 2.05) is 12.1 Å². The predicted molar refractivity (Wildman–Crippen MR) is 87.8 cm³/mol. The van der Waals surface area contributed by atoms with E-state index in [4.69, 9.17) is 5.73 Å². The summed E-state index contributed by atoms with van der Waals surface area (Å²) in [5, 5.41) is 0. The zero-order valence-electron chi connectivity index (χ0n) is 13.1. The van der Waals surface area contributed by atoms with Crippen molar-refractivity contribution in [1.82, 2.24) is 4.90 Å². The molecule has 112 valence electrons. The van der Waals surface area contributed by atoms with Crippen molar-refractivity contribution in [3.63, 3.8) is 0 Å². The van der Waals surface area contributed by atoms with Gasteiger partial charge in [0.25, 0.3) is 0 Å². The molecule has 0 aliphatic heterocycles. The van der Waals surface area contributed by atoms with E-state index in [9.17, 15) is 0 Å². The van der Waals surface area contributed by atoms with E-state index in [1.54, 1.807) is 0 Å². The van der Waals surface area contributed by atoms with Crippen molar-refractivity contribution >= 4 is 5.69 Å². The highest BCUT2D eigenvalue weighted by Gasteiger charge is 2.22. The molecule has 20 heavy (non-hydrogen) atoms. The Kier molecular flexibility index (Phi) is 5.90. The minimum absolute atomic E-state index is 0.801. The summed E-state index contributed by atoms with van der Waals surface area (Å²) in [5.41, 5.74) is 8.02. The van der Waals surface area contributed by atoms with Crippen LogP contribution in [-0.4, -0.2) is 24.0 Å². The van der Waals surface area contributed by atoms with E-state index < -0.39 is 0 Å². The number of nitrogens with two attached hydrogens (primary N) is 1. The second-order valence-electron chi connectivity index (χ2n) is 6.65. The van der Waals surface area contributed by atoms with Gasteiger partial charge >= 0.3 is 0 Å². The minimum Gasteiger partial charge on any atom is -0.399 e. The van der Waals surface area contributed by atoms with Crippen molar-refractivity contribution in [2.45, 2.75) is 58.4 Å². The lowest BCUT2D eigenvalue weighted by molar-refractivity contribution is 0.190. The van der Waals surface area contributed by atoms with Gasteiger partial charge in [0.15, 0.2) is 0 Å². The molecular weight excluding hydrogens is 244 g/mol. The van der Waals surface area contributed by atoms with Crippen LogP contribution in [0, 0.1) is 5.92 Å². The molecule has 0 spiro atoms. The normalized spacial score (nSPS) is 16.4. The molecule has 1 aromatic carbocycles. The maximum atomic E-state index is 5.75. The molecule has 2 rings (SSSR count). The monoisotopic (exact) mass is 274 g/mol. The largest absolute Gasteiger partial charge is 0.399 e. The molecule has 0 unspecified atom stereocenters. The molecule has 0 saturated heterocycles. The molecule has 0 radical (unpaired) electrons. The molecule has 1 saturated carbocycles. The molecule has 0 aromatic heterocycles. The highest BCUT2D eigenvalue weighted by Crippen LogP contribution is 2.24. The van der Waals surface area contributed by atoms with Gasteiger partial charge in [0.1, 0.15) is 0 Å². The van der Waals surface area contributed by atoms with Gasteiger partial charge in [-0.05, 0) is 55.8 Å². The molecule has 2 N–H and O–H groups in total. The second-order valence-corrected chi connectivity index (χ2v) is 6.65. The zero-order valence-corrected chi connectivity index (χ0v) is 13.1. The van der Waals surface area contributed by atoms with Crippen LogP contribution >= 0.6 is 0 Å². The number of rotatable bonds is 7. The molecule has 1 aromatic rings. The lowest BCUT2D eigenvalue weighted by Gasteiger charge is -2.29. The number of benzene rings is 1. The van der Waals surface area contributed by atoms with Crippen LogP contribution in [0.5, 0.6) is 0 Å². The van der Waals surface area contributed by atoms with Crippen LogP contribution in [0.15, 0.2) is 24.3 Å². The summed E-state index contributed by atoms with van der Waals surface area (Å²) in [5.74, 6) is 0.801. The van der Waals surface area contributed by atoms with Crippen molar-refractivity contribution in [3.8, 4) is 0 Å². The summed E-state index contributed by atoms with van der Waals surface area (Å²) in [6.45, 7) is 7.11. The Morgan fingerprint density at radius 3 is 2.35 bits per heavy atom. The Morgan fingerprint density at radius 1 is 1.10 bits per heavy atom. The Morgan fingerprint density at radius 2 is 1.75 bits per heavy atom. The van der Waals surface area contributed by atoms with Gasteiger partial charge in [0.2, 0.25) is 0 Å². The molecular formula is C18H30N2. The van der Waals surface area contributed by atoms with Crippen LogP contribution in [-0.2, 0) is 6.42 Å². The smallest absolute Gasteiger partial charge is 0.0314 e. The Hall–Kier alpha value is -1.02. The third kappa shape index (κ3) is 4.82.